The van der Waals surface area contributed by atoms with Crippen LogP contribution in [-0.4, -0.2) is 63.5 Å². The van der Waals surface area contributed by atoms with Crippen molar-refractivity contribution in [1.82, 2.24) is 4.90 Å². The fraction of sp³-hybridized carbons (Fsp3) is 0.467. The number of hydrogen-bond acceptors (Lipinski definition) is 5. The number of carbonyl (C=O) groups is 2. The van der Waals surface area contributed by atoms with E-state index in [-0.39, 0.29) is 0 Å². The van der Waals surface area contributed by atoms with Gasteiger partial charge in [0, 0.05) is 37.9 Å². The van der Waals surface area contributed by atoms with Gasteiger partial charge in [-0.3, -0.25) is 9.59 Å². The molecule has 1 N–H and O–H groups in total. The van der Waals surface area contributed by atoms with E-state index in [2.05, 4.69) is 5.32 Å². The van der Waals surface area contributed by atoms with Gasteiger partial charge in [0.25, 0.3) is 0 Å². The van der Waals surface area contributed by atoms with Crippen LogP contribution in [0.15, 0.2) is 29.2 Å². The Labute approximate surface area is 135 Å². The van der Waals surface area contributed by atoms with E-state index in [1.165, 1.54) is 4.90 Å². The first-order valence-corrected chi connectivity index (χ1v) is 8.07. The van der Waals surface area contributed by atoms with Crippen LogP contribution in [-0.2, 0) is 19.1 Å². The van der Waals surface area contributed by atoms with Crippen LogP contribution < -0.4 is 5.32 Å². The van der Waals surface area contributed by atoms with E-state index in [1.54, 1.807) is 32.0 Å². The number of thioether (sulfide) groups is 1. The van der Waals surface area contributed by atoms with Gasteiger partial charge in [0.05, 0.1) is 13.2 Å². The lowest BCUT2D eigenvalue weighted by Gasteiger charge is -2.21. The number of nitrogens with one attached hydrogen (secondary N) is 1. The van der Waals surface area contributed by atoms with Crippen molar-refractivity contribution in [1.29, 1.82) is 0 Å². The molecule has 0 aliphatic carbocycles. The number of ether oxygens (including phenoxy) is 2. The van der Waals surface area contributed by atoms with E-state index in [4.69, 9.17) is 9.47 Å². The second-order valence-electron chi connectivity index (χ2n) is 4.46. The third-order valence-electron chi connectivity index (χ3n) is 2.94. The summed E-state index contributed by atoms with van der Waals surface area (Å²) in [6.07, 6.45) is 1.95. The van der Waals surface area contributed by atoms with Crippen molar-refractivity contribution in [3.05, 3.63) is 24.3 Å². The molecule has 0 saturated heterocycles. The van der Waals surface area contributed by atoms with Gasteiger partial charge in [0.2, 0.25) is 0 Å². The van der Waals surface area contributed by atoms with Crippen LogP contribution in [0.25, 0.3) is 0 Å². The average molecular weight is 326 g/mol. The first-order chi connectivity index (χ1) is 10.6. The molecule has 0 spiro atoms. The highest BCUT2D eigenvalue weighted by molar-refractivity contribution is 7.98. The molecule has 6 nitrogen and oxygen atoms in total. The maximum absolute atomic E-state index is 12.2. The Kier molecular flexibility index (Phi) is 8.57. The number of rotatable bonds is 8. The largest absolute Gasteiger partial charge is 0.383 e. The van der Waals surface area contributed by atoms with Gasteiger partial charge >= 0.3 is 11.8 Å². The number of anilines is 1. The molecule has 0 heterocycles. The molecular formula is C15H22N2O4S. The van der Waals surface area contributed by atoms with Crippen molar-refractivity contribution in [3.8, 4) is 0 Å². The quantitative estimate of drug-likeness (QED) is 0.579. The third-order valence-corrected chi connectivity index (χ3v) is 3.67. The van der Waals surface area contributed by atoms with Crippen LogP contribution in [0.2, 0.25) is 0 Å². The molecule has 22 heavy (non-hydrogen) atoms. The summed E-state index contributed by atoms with van der Waals surface area (Å²) in [5, 5.41) is 2.62. The highest BCUT2D eigenvalue weighted by atomic mass is 32.2. The Morgan fingerprint density at radius 3 is 2.36 bits per heavy atom. The molecule has 0 saturated carbocycles. The molecule has 0 unspecified atom stereocenters. The molecule has 122 valence electrons. The van der Waals surface area contributed by atoms with E-state index in [0.717, 1.165) is 4.90 Å². The SMILES string of the molecule is COCCN(CCOC)C(=O)C(=O)Nc1cccc(SC)c1. The molecule has 0 fully saturated rings. The van der Waals surface area contributed by atoms with Crippen molar-refractivity contribution in [2.75, 3.05) is 52.1 Å². The lowest BCUT2D eigenvalue weighted by molar-refractivity contribution is -0.144. The number of nitrogens with zero attached hydrogens (tertiary/aromatic N) is 1. The Morgan fingerprint density at radius 2 is 1.82 bits per heavy atom. The van der Waals surface area contributed by atoms with E-state index in [0.29, 0.717) is 32.0 Å². The summed E-state index contributed by atoms with van der Waals surface area (Å²) in [5.74, 6) is -1.26. The number of carbonyl (C=O) groups excluding carboxylic acids is 2. The Morgan fingerprint density at radius 1 is 1.18 bits per heavy atom. The second-order valence-corrected chi connectivity index (χ2v) is 5.34. The van der Waals surface area contributed by atoms with Gasteiger partial charge in [-0.2, -0.15) is 0 Å². The number of methoxy groups -OCH3 is 2. The monoisotopic (exact) mass is 326 g/mol. The van der Waals surface area contributed by atoms with Crippen LogP contribution >= 0.6 is 11.8 Å². The number of amides is 2. The summed E-state index contributed by atoms with van der Waals surface area (Å²) < 4.78 is 9.92. The first-order valence-electron chi connectivity index (χ1n) is 6.84. The minimum Gasteiger partial charge on any atom is -0.383 e. The van der Waals surface area contributed by atoms with E-state index in [9.17, 15) is 9.59 Å². The summed E-state index contributed by atoms with van der Waals surface area (Å²) in [7, 11) is 3.10. The zero-order valence-corrected chi connectivity index (χ0v) is 13.9. The average Bonchev–Trinajstić information content (AvgIpc) is 2.54. The predicted octanol–water partition coefficient (Wildman–Crippen LogP) is 1.47. The van der Waals surface area contributed by atoms with Crippen LogP contribution in [0.1, 0.15) is 0 Å². The number of benzene rings is 1. The highest BCUT2D eigenvalue weighted by Crippen LogP contribution is 2.18. The molecule has 0 radical (unpaired) electrons. The zero-order valence-electron chi connectivity index (χ0n) is 13.1. The van der Waals surface area contributed by atoms with Gasteiger partial charge in [0.1, 0.15) is 0 Å². The molecule has 0 bridgehead atoms. The van der Waals surface area contributed by atoms with Crippen LogP contribution in [0.5, 0.6) is 0 Å². The van der Waals surface area contributed by atoms with E-state index < -0.39 is 11.8 Å². The van der Waals surface area contributed by atoms with E-state index in [1.807, 2.05) is 24.5 Å². The maximum atomic E-state index is 12.2. The maximum Gasteiger partial charge on any atom is 0.313 e. The van der Waals surface area contributed by atoms with Crippen LogP contribution in [0.4, 0.5) is 5.69 Å². The molecule has 0 atom stereocenters. The minimum absolute atomic E-state index is 0.344. The normalized spacial score (nSPS) is 10.3. The van der Waals surface area contributed by atoms with Crippen molar-refractivity contribution in [2.24, 2.45) is 0 Å². The fourth-order valence-corrected chi connectivity index (χ4v) is 2.21. The molecule has 1 aromatic carbocycles. The Balaban J connectivity index is 2.68. The molecule has 0 aromatic heterocycles. The predicted molar refractivity (Wildman–Crippen MR) is 87.2 cm³/mol. The first kappa shape index (κ1) is 18.5. The van der Waals surface area contributed by atoms with Crippen LogP contribution in [0.3, 0.4) is 0 Å². The summed E-state index contributed by atoms with van der Waals surface area (Å²) in [4.78, 5) is 26.7. The van der Waals surface area contributed by atoms with Gasteiger partial charge in [-0.15, -0.1) is 11.8 Å². The summed E-state index contributed by atoms with van der Waals surface area (Å²) in [5.41, 5.74) is 0.601. The van der Waals surface area contributed by atoms with Crippen LogP contribution in [0, 0.1) is 0 Å². The molecular weight excluding hydrogens is 304 g/mol. The molecule has 0 aliphatic heterocycles. The molecule has 1 rings (SSSR count). The smallest absolute Gasteiger partial charge is 0.313 e. The lowest BCUT2D eigenvalue weighted by Crippen LogP contribution is -2.43. The summed E-state index contributed by atoms with van der Waals surface area (Å²) in [6, 6.07) is 7.34. The lowest BCUT2D eigenvalue weighted by atomic mass is 10.3. The van der Waals surface area contributed by atoms with Gasteiger partial charge in [-0.25, -0.2) is 0 Å². The van der Waals surface area contributed by atoms with Crippen molar-refractivity contribution in [2.45, 2.75) is 4.90 Å². The Hall–Kier alpha value is -1.57. The standard InChI is InChI=1S/C15H22N2O4S/c1-20-9-7-17(8-10-21-2)15(19)14(18)16-12-5-4-6-13(11-12)22-3/h4-6,11H,7-10H2,1-3H3,(H,16,18). The van der Waals surface area contributed by atoms with Crippen molar-refractivity contribution >= 4 is 29.3 Å². The second kappa shape index (κ2) is 10.2. The topological polar surface area (TPSA) is 67.9 Å². The van der Waals surface area contributed by atoms with Gasteiger partial charge in [-0.05, 0) is 24.5 Å². The fourth-order valence-electron chi connectivity index (χ4n) is 1.75. The van der Waals surface area contributed by atoms with E-state index >= 15 is 0 Å². The zero-order chi connectivity index (χ0) is 16.4. The molecule has 0 aliphatic rings. The molecule has 2 amide bonds. The van der Waals surface area contributed by atoms with Gasteiger partial charge in [0.15, 0.2) is 0 Å². The summed E-state index contributed by atoms with van der Waals surface area (Å²) in [6.45, 7) is 1.42. The highest BCUT2D eigenvalue weighted by Gasteiger charge is 2.21. The van der Waals surface area contributed by atoms with Gasteiger partial charge in [-0.1, -0.05) is 6.07 Å². The molecule has 7 heteroatoms. The third kappa shape index (κ3) is 6.05. The summed E-state index contributed by atoms with van der Waals surface area (Å²) >= 11 is 1.57. The Bertz CT molecular complexity index is 488. The minimum atomic E-state index is -0.662. The molecule has 1 aromatic rings. The van der Waals surface area contributed by atoms with Gasteiger partial charge < -0.3 is 19.7 Å². The van der Waals surface area contributed by atoms with Crippen molar-refractivity contribution in [3.63, 3.8) is 0 Å². The number of hydrogen-bond donors (Lipinski definition) is 1. The van der Waals surface area contributed by atoms with Crippen molar-refractivity contribution < 1.29 is 19.1 Å².